The Morgan fingerprint density at radius 3 is 2.78 bits per heavy atom. The van der Waals surface area contributed by atoms with Crippen LogP contribution in [0.15, 0.2) is 51.8 Å². The summed E-state index contributed by atoms with van der Waals surface area (Å²) in [4.78, 5) is 15.9. The molecule has 0 amide bonds. The summed E-state index contributed by atoms with van der Waals surface area (Å²) in [5.41, 5.74) is 2.15. The standard InChI is InChI=1S/C13H9IN2O2/c14-10-5-3-9(4-6-10)8-16-12-11(18-13(16)17)2-1-7-15-12/h1-7H,8H2. The van der Waals surface area contributed by atoms with Crippen LogP contribution in [0.1, 0.15) is 5.56 Å². The van der Waals surface area contributed by atoms with Gasteiger partial charge in [0.05, 0.1) is 6.54 Å². The topological polar surface area (TPSA) is 48.0 Å². The van der Waals surface area contributed by atoms with Crippen molar-refractivity contribution in [1.29, 1.82) is 0 Å². The molecule has 2 aromatic heterocycles. The zero-order valence-corrected chi connectivity index (χ0v) is 11.5. The lowest BCUT2D eigenvalue weighted by Crippen LogP contribution is -2.15. The van der Waals surface area contributed by atoms with E-state index in [1.54, 1.807) is 18.3 Å². The van der Waals surface area contributed by atoms with E-state index in [-0.39, 0.29) is 5.76 Å². The van der Waals surface area contributed by atoms with Crippen molar-refractivity contribution in [2.45, 2.75) is 6.54 Å². The van der Waals surface area contributed by atoms with Gasteiger partial charge in [-0.25, -0.2) is 9.78 Å². The average Bonchev–Trinajstić information content (AvgIpc) is 2.69. The number of oxazole rings is 1. The van der Waals surface area contributed by atoms with E-state index >= 15 is 0 Å². The number of benzene rings is 1. The summed E-state index contributed by atoms with van der Waals surface area (Å²) in [7, 11) is 0. The van der Waals surface area contributed by atoms with Crippen molar-refractivity contribution < 1.29 is 4.42 Å². The molecule has 90 valence electrons. The van der Waals surface area contributed by atoms with Crippen molar-refractivity contribution >= 4 is 33.8 Å². The molecule has 0 N–H and O–H groups in total. The van der Waals surface area contributed by atoms with Gasteiger partial charge in [-0.1, -0.05) is 12.1 Å². The van der Waals surface area contributed by atoms with Crippen LogP contribution < -0.4 is 5.76 Å². The summed E-state index contributed by atoms with van der Waals surface area (Å²) in [6.45, 7) is 0.472. The Labute approximate surface area is 116 Å². The van der Waals surface area contributed by atoms with Crippen LogP contribution in [0.3, 0.4) is 0 Å². The second-order valence-electron chi connectivity index (χ2n) is 3.91. The Hall–Kier alpha value is -1.63. The molecule has 1 aromatic carbocycles. The van der Waals surface area contributed by atoms with Crippen LogP contribution in [-0.2, 0) is 6.54 Å². The predicted molar refractivity (Wildman–Crippen MR) is 76.5 cm³/mol. The molecule has 0 radical (unpaired) electrons. The number of hydrogen-bond acceptors (Lipinski definition) is 3. The van der Waals surface area contributed by atoms with E-state index in [0.29, 0.717) is 17.8 Å². The molecule has 0 aliphatic carbocycles. The second kappa shape index (κ2) is 4.56. The smallest absolute Gasteiger partial charge is 0.406 e. The van der Waals surface area contributed by atoms with Crippen molar-refractivity contribution in [2.24, 2.45) is 0 Å². The zero-order valence-electron chi connectivity index (χ0n) is 9.34. The fourth-order valence-corrected chi connectivity index (χ4v) is 2.17. The van der Waals surface area contributed by atoms with Gasteiger partial charge in [-0.05, 0) is 52.4 Å². The summed E-state index contributed by atoms with van der Waals surface area (Å²) in [5.74, 6) is -0.373. The van der Waals surface area contributed by atoms with Gasteiger partial charge in [0.2, 0.25) is 0 Å². The highest BCUT2D eigenvalue weighted by Gasteiger charge is 2.09. The van der Waals surface area contributed by atoms with E-state index in [0.717, 1.165) is 5.56 Å². The van der Waals surface area contributed by atoms with Gasteiger partial charge >= 0.3 is 5.76 Å². The molecule has 18 heavy (non-hydrogen) atoms. The molecule has 0 aliphatic rings. The maximum absolute atomic E-state index is 11.8. The van der Waals surface area contributed by atoms with E-state index < -0.39 is 0 Å². The number of rotatable bonds is 2. The van der Waals surface area contributed by atoms with Gasteiger partial charge in [-0.15, -0.1) is 0 Å². The largest absolute Gasteiger partial charge is 0.421 e. The maximum atomic E-state index is 11.8. The number of hydrogen-bond donors (Lipinski definition) is 0. The van der Waals surface area contributed by atoms with Crippen LogP contribution in [0.4, 0.5) is 0 Å². The Balaban J connectivity index is 2.07. The van der Waals surface area contributed by atoms with Gasteiger partial charge in [-0.2, -0.15) is 0 Å². The van der Waals surface area contributed by atoms with Crippen molar-refractivity contribution in [3.8, 4) is 0 Å². The van der Waals surface area contributed by atoms with Gasteiger partial charge in [0.25, 0.3) is 0 Å². The van der Waals surface area contributed by atoms with Crippen molar-refractivity contribution in [1.82, 2.24) is 9.55 Å². The monoisotopic (exact) mass is 352 g/mol. The molecule has 3 rings (SSSR count). The second-order valence-corrected chi connectivity index (χ2v) is 5.15. The van der Waals surface area contributed by atoms with Gasteiger partial charge in [0, 0.05) is 9.77 Å². The van der Waals surface area contributed by atoms with Gasteiger partial charge in [0.15, 0.2) is 11.2 Å². The third-order valence-electron chi connectivity index (χ3n) is 2.68. The molecule has 3 aromatic rings. The molecular weight excluding hydrogens is 343 g/mol. The van der Waals surface area contributed by atoms with E-state index in [1.807, 2.05) is 24.3 Å². The van der Waals surface area contributed by atoms with Crippen LogP contribution in [0.5, 0.6) is 0 Å². The minimum atomic E-state index is -0.373. The van der Waals surface area contributed by atoms with Crippen LogP contribution in [0.25, 0.3) is 11.2 Å². The molecule has 2 heterocycles. The Morgan fingerprint density at radius 1 is 1.22 bits per heavy atom. The fourth-order valence-electron chi connectivity index (χ4n) is 1.81. The first-order chi connectivity index (χ1) is 8.74. The lowest BCUT2D eigenvalue weighted by Gasteiger charge is -2.01. The number of nitrogens with zero attached hydrogens (tertiary/aromatic N) is 2. The number of fused-ring (bicyclic) bond motifs is 1. The number of halogens is 1. The summed E-state index contributed by atoms with van der Waals surface area (Å²) in [5, 5.41) is 0. The quantitative estimate of drug-likeness (QED) is 0.667. The van der Waals surface area contributed by atoms with Crippen LogP contribution in [0, 0.1) is 3.57 Å². The summed E-state index contributed by atoms with van der Waals surface area (Å²) in [6, 6.07) is 11.5. The third kappa shape index (κ3) is 2.05. The van der Waals surface area contributed by atoms with Crippen molar-refractivity contribution in [2.75, 3.05) is 0 Å². The first-order valence-electron chi connectivity index (χ1n) is 5.43. The molecule has 0 fully saturated rings. The van der Waals surface area contributed by atoms with Crippen molar-refractivity contribution in [3.63, 3.8) is 0 Å². The lowest BCUT2D eigenvalue weighted by atomic mass is 10.2. The minimum Gasteiger partial charge on any atom is -0.406 e. The first kappa shape index (κ1) is 11.5. The summed E-state index contributed by atoms with van der Waals surface area (Å²) >= 11 is 2.25. The molecule has 5 heteroatoms. The van der Waals surface area contributed by atoms with Crippen LogP contribution >= 0.6 is 22.6 Å². The molecule has 0 atom stereocenters. The Morgan fingerprint density at radius 2 is 2.00 bits per heavy atom. The molecule has 0 bridgehead atoms. The average molecular weight is 352 g/mol. The van der Waals surface area contributed by atoms with Crippen molar-refractivity contribution in [3.05, 3.63) is 62.3 Å². The van der Waals surface area contributed by atoms with E-state index in [9.17, 15) is 4.79 Å². The predicted octanol–water partition coefficient (Wildman–Crippen LogP) is 2.64. The normalized spacial score (nSPS) is 10.9. The lowest BCUT2D eigenvalue weighted by molar-refractivity contribution is 0.517. The van der Waals surface area contributed by atoms with E-state index in [4.69, 9.17) is 4.42 Å². The van der Waals surface area contributed by atoms with E-state index in [1.165, 1.54) is 8.14 Å². The highest BCUT2D eigenvalue weighted by atomic mass is 127. The summed E-state index contributed by atoms with van der Waals surface area (Å²) in [6.07, 6.45) is 1.65. The summed E-state index contributed by atoms with van der Waals surface area (Å²) < 4.78 is 7.84. The van der Waals surface area contributed by atoms with Gasteiger partial charge in [-0.3, -0.25) is 4.57 Å². The highest BCUT2D eigenvalue weighted by molar-refractivity contribution is 14.1. The fraction of sp³-hybridized carbons (Fsp3) is 0.0769. The third-order valence-corrected chi connectivity index (χ3v) is 3.40. The maximum Gasteiger partial charge on any atom is 0.421 e. The molecule has 0 aliphatic heterocycles. The number of aromatic nitrogens is 2. The van der Waals surface area contributed by atoms with Crippen LogP contribution in [0.2, 0.25) is 0 Å². The molecule has 0 unspecified atom stereocenters. The van der Waals surface area contributed by atoms with Gasteiger partial charge in [0.1, 0.15) is 0 Å². The molecule has 4 nitrogen and oxygen atoms in total. The highest BCUT2D eigenvalue weighted by Crippen LogP contribution is 2.12. The first-order valence-corrected chi connectivity index (χ1v) is 6.51. The molecule has 0 saturated carbocycles. The zero-order chi connectivity index (χ0) is 12.5. The SMILES string of the molecule is O=c1oc2cccnc2n1Cc1ccc(I)cc1. The molecule has 0 saturated heterocycles. The van der Waals surface area contributed by atoms with Gasteiger partial charge < -0.3 is 4.42 Å². The van der Waals surface area contributed by atoms with E-state index in [2.05, 4.69) is 27.6 Å². The molecule has 0 spiro atoms. The Kier molecular flexibility index (Phi) is 2.91. The minimum absolute atomic E-state index is 0.373. The Bertz CT molecular complexity index is 744. The molecular formula is C13H9IN2O2. The number of pyridine rings is 1. The van der Waals surface area contributed by atoms with Crippen LogP contribution in [-0.4, -0.2) is 9.55 Å².